The number of carbonyl (C=O) groups is 2. The summed E-state index contributed by atoms with van der Waals surface area (Å²) in [5, 5.41) is 0. The highest BCUT2D eigenvalue weighted by Gasteiger charge is 2.32. The number of hydrogen-bond acceptors (Lipinski definition) is 3. The number of nitrogens with zero attached hydrogens (tertiary/aromatic N) is 1. The molecule has 4 nitrogen and oxygen atoms in total. The SMILES string of the molecule is Cc1cc2n(c1C(=O)c1ccc(F)cc1)CCCC2C(=O)OC(C)C. The second kappa shape index (κ2) is 6.82. The Morgan fingerprint density at radius 1 is 1.24 bits per heavy atom. The van der Waals surface area contributed by atoms with Gasteiger partial charge in [0, 0.05) is 17.8 Å². The number of ketones is 1. The van der Waals surface area contributed by atoms with Crippen molar-refractivity contribution in [2.75, 3.05) is 0 Å². The van der Waals surface area contributed by atoms with Gasteiger partial charge in [-0.05, 0) is 69.5 Å². The Kier molecular flexibility index (Phi) is 4.75. The van der Waals surface area contributed by atoms with Gasteiger partial charge in [-0.1, -0.05) is 0 Å². The van der Waals surface area contributed by atoms with Crippen LogP contribution < -0.4 is 0 Å². The first-order chi connectivity index (χ1) is 11.9. The average molecular weight is 343 g/mol. The van der Waals surface area contributed by atoms with Crippen LogP contribution in [0.3, 0.4) is 0 Å². The van der Waals surface area contributed by atoms with Crippen molar-refractivity contribution in [2.24, 2.45) is 0 Å². The Hall–Kier alpha value is -2.43. The fraction of sp³-hybridized carbons (Fsp3) is 0.400. The van der Waals surface area contributed by atoms with Crippen LogP contribution in [0, 0.1) is 12.7 Å². The highest BCUT2D eigenvalue weighted by atomic mass is 19.1. The number of ether oxygens (including phenoxy) is 1. The van der Waals surface area contributed by atoms with Gasteiger partial charge in [-0.25, -0.2) is 4.39 Å². The molecule has 0 N–H and O–H groups in total. The maximum atomic E-state index is 13.1. The van der Waals surface area contributed by atoms with Crippen molar-refractivity contribution in [1.29, 1.82) is 0 Å². The van der Waals surface area contributed by atoms with Crippen LogP contribution in [0.1, 0.15) is 59.9 Å². The third kappa shape index (κ3) is 3.36. The molecule has 0 radical (unpaired) electrons. The van der Waals surface area contributed by atoms with Gasteiger partial charge >= 0.3 is 5.97 Å². The first-order valence-electron chi connectivity index (χ1n) is 8.59. The summed E-state index contributed by atoms with van der Waals surface area (Å²) in [6, 6.07) is 7.45. The molecule has 1 aliphatic heterocycles. The number of rotatable bonds is 4. The van der Waals surface area contributed by atoms with Gasteiger partial charge in [0.05, 0.1) is 17.7 Å². The van der Waals surface area contributed by atoms with Crippen LogP contribution in [-0.4, -0.2) is 22.4 Å². The normalized spacial score (nSPS) is 16.6. The Morgan fingerprint density at radius 2 is 1.92 bits per heavy atom. The summed E-state index contributed by atoms with van der Waals surface area (Å²) in [5.74, 6) is -1.11. The predicted molar refractivity (Wildman–Crippen MR) is 92.2 cm³/mol. The third-order valence-electron chi connectivity index (χ3n) is 4.51. The summed E-state index contributed by atoms with van der Waals surface area (Å²) in [6.07, 6.45) is 1.36. The van der Waals surface area contributed by atoms with E-state index in [-0.39, 0.29) is 29.6 Å². The molecular weight excluding hydrogens is 321 g/mol. The van der Waals surface area contributed by atoms with E-state index in [1.165, 1.54) is 24.3 Å². The van der Waals surface area contributed by atoms with Crippen LogP contribution in [0.5, 0.6) is 0 Å². The molecule has 1 aliphatic rings. The van der Waals surface area contributed by atoms with E-state index in [1.807, 2.05) is 31.4 Å². The van der Waals surface area contributed by atoms with Crippen molar-refractivity contribution < 1.29 is 18.7 Å². The average Bonchev–Trinajstić information content (AvgIpc) is 2.89. The van der Waals surface area contributed by atoms with E-state index >= 15 is 0 Å². The van der Waals surface area contributed by atoms with Crippen LogP contribution in [0.25, 0.3) is 0 Å². The molecular formula is C20H22FNO3. The molecule has 0 saturated carbocycles. The smallest absolute Gasteiger partial charge is 0.315 e. The Labute approximate surface area is 146 Å². The highest BCUT2D eigenvalue weighted by Crippen LogP contribution is 2.33. The monoisotopic (exact) mass is 343 g/mol. The van der Waals surface area contributed by atoms with E-state index in [4.69, 9.17) is 4.74 Å². The minimum absolute atomic E-state index is 0.151. The van der Waals surface area contributed by atoms with E-state index in [1.54, 1.807) is 0 Å². The molecule has 5 heteroatoms. The minimum atomic E-state index is -0.373. The fourth-order valence-electron chi connectivity index (χ4n) is 3.43. The molecule has 1 unspecified atom stereocenters. The van der Waals surface area contributed by atoms with Crippen LogP contribution in [0.2, 0.25) is 0 Å². The molecule has 3 rings (SSSR count). The minimum Gasteiger partial charge on any atom is -0.462 e. The van der Waals surface area contributed by atoms with Gasteiger partial charge in [0.2, 0.25) is 5.78 Å². The molecule has 132 valence electrons. The van der Waals surface area contributed by atoms with Gasteiger partial charge in [0.25, 0.3) is 0 Å². The lowest BCUT2D eigenvalue weighted by Crippen LogP contribution is -2.27. The third-order valence-corrected chi connectivity index (χ3v) is 4.51. The van der Waals surface area contributed by atoms with Gasteiger partial charge in [-0.2, -0.15) is 0 Å². The number of benzene rings is 1. The number of carbonyl (C=O) groups excluding carboxylic acids is 2. The molecule has 0 amide bonds. The summed E-state index contributed by atoms with van der Waals surface area (Å²) in [7, 11) is 0. The molecule has 2 aromatic rings. The summed E-state index contributed by atoms with van der Waals surface area (Å²) in [6.45, 7) is 6.22. The first-order valence-corrected chi connectivity index (χ1v) is 8.59. The largest absolute Gasteiger partial charge is 0.462 e. The lowest BCUT2D eigenvalue weighted by molar-refractivity contribution is -0.149. The van der Waals surface area contributed by atoms with Crippen molar-refractivity contribution in [2.45, 2.75) is 52.2 Å². The summed E-state index contributed by atoms with van der Waals surface area (Å²) in [4.78, 5) is 25.3. The Morgan fingerprint density at radius 3 is 2.56 bits per heavy atom. The quantitative estimate of drug-likeness (QED) is 0.623. The van der Waals surface area contributed by atoms with Gasteiger partial charge in [-0.3, -0.25) is 9.59 Å². The van der Waals surface area contributed by atoms with Crippen molar-refractivity contribution in [1.82, 2.24) is 4.57 Å². The topological polar surface area (TPSA) is 48.3 Å². The lowest BCUT2D eigenvalue weighted by atomic mass is 9.96. The van der Waals surface area contributed by atoms with E-state index in [2.05, 4.69) is 0 Å². The molecule has 1 atom stereocenters. The van der Waals surface area contributed by atoms with Crippen molar-refractivity contribution in [3.63, 3.8) is 0 Å². The maximum Gasteiger partial charge on any atom is 0.315 e. The number of aryl methyl sites for hydroxylation is 1. The zero-order valence-electron chi connectivity index (χ0n) is 14.7. The standard InChI is InChI=1S/C20H22FNO3/c1-12(2)25-20(24)16-5-4-10-22-17(16)11-13(3)18(22)19(23)14-6-8-15(21)9-7-14/h6-9,11-12,16H,4-5,10H2,1-3H3. The van der Waals surface area contributed by atoms with Crippen molar-refractivity contribution in [3.8, 4) is 0 Å². The van der Waals surface area contributed by atoms with Gasteiger partial charge in [-0.15, -0.1) is 0 Å². The molecule has 0 aliphatic carbocycles. The number of fused-ring (bicyclic) bond motifs is 1. The number of halogens is 1. The highest BCUT2D eigenvalue weighted by molar-refractivity contribution is 6.09. The van der Waals surface area contributed by atoms with Crippen LogP contribution in [0.15, 0.2) is 30.3 Å². The maximum absolute atomic E-state index is 13.1. The van der Waals surface area contributed by atoms with Gasteiger partial charge in [0.1, 0.15) is 5.82 Å². The number of hydrogen-bond donors (Lipinski definition) is 0. The molecule has 1 aromatic carbocycles. The molecule has 1 aromatic heterocycles. The Bertz CT molecular complexity index is 805. The number of esters is 1. The molecule has 2 heterocycles. The summed E-state index contributed by atoms with van der Waals surface area (Å²) >= 11 is 0. The van der Waals surface area contributed by atoms with E-state index in [9.17, 15) is 14.0 Å². The second-order valence-corrected chi connectivity index (χ2v) is 6.77. The molecule has 0 spiro atoms. The molecule has 0 saturated heterocycles. The lowest BCUT2D eigenvalue weighted by Gasteiger charge is -2.25. The van der Waals surface area contributed by atoms with Crippen molar-refractivity contribution in [3.05, 3.63) is 58.7 Å². The fourth-order valence-corrected chi connectivity index (χ4v) is 3.43. The second-order valence-electron chi connectivity index (χ2n) is 6.77. The van der Waals surface area contributed by atoms with Gasteiger partial charge < -0.3 is 9.30 Å². The Balaban J connectivity index is 1.98. The molecule has 0 fully saturated rings. The molecule has 25 heavy (non-hydrogen) atoms. The van der Waals surface area contributed by atoms with Crippen LogP contribution in [0.4, 0.5) is 4.39 Å². The first kappa shape index (κ1) is 17.4. The zero-order valence-corrected chi connectivity index (χ0v) is 14.7. The number of aromatic nitrogens is 1. The van der Waals surface area contributed by atoms with Gasteiger partial charge in [0.15, 0.2) is 0 Å². The van der Waals surface area contributed by atoms with E-state index < -0.39 is 0 Å². The van der Waals surface area contributed by atoms with E-state index in [0.717, 1.165) is 24.1 Å². The van der Waals surface area contributed by atoms with E-state index in [0.29, 0.717) is 17.8 Å². The predicted octanol–water partition coefficient (Wildman–Crippen LogP) is 4.00. The zero-order chi connectivity index (χ0) is 18.1. The molecule has 0 bridgehead atoms. The van der Waals surface area contributed by atoms with Crippen LogP contribution in [-0.2, 0) is 16.1 Å². The van der Waals surface area contributed by atoms with Crippen LogP contribution >= 0.6 is 0 Å². The van der Waals surface area contributed by atoms with Crippen molar-refractivity contribution >= 4 is 11.8 Å². The summed E-state index contributed by atoms with van der Waals surface area (Å²) in [5.41, 5.74) is 2.68. The summed E-state index contributed by atoms with van der Waals surface area (Å²) < 4.78 is 20.4.